The van der Waals surface area contributed by atoms with Crippen LogP contribution in [0, 0.1) is 0 Å². The van der Waals surface area contributed by atoms with E-state index in [0.29, 0.717) is 24.5 Å². The van der Waals surface area contributed by atoms with E-state index >= 15 is 0 Å². The van der Waals surface area contributed by atoms with Crippen molar-refractivity contribution in [3.8, 4) is 0 Å². The fourth-order valence-corrected chi connectivity index (χ4v) is 1.77. The molecule has 0 unspecified atom stereocenters. The molecular formula is C13H19N3O3. The summed E-state index contributed by atoms with van der Waals surface area (Å²) in [6.45, 7) is 5.13. The van der Waals surface area contributed by atoms with Gasteiger partial charge in [-0.15, -0.1) is 0 Å². The average molecular weight is 265 g/mol. The van der Waals surface area contributed by atoms with Crippen LogP contribution in [0.15, 0.2) is 18.2 Å². The number of hydrogen-bond acceptors (Lipinski definition) is 4. The third-order valence-electron chi connectivity index (χ3n) is 2.71. The van der Waals surface area contributed by atoms with E-state index < -0.39 is 5.97 Å². The van der Waals surface area contributed by atoms with Gasteiger partial charge in [0, 0.05) is 13.1 Å². The Morgan fingerprint density at radius 3 is 2.53 bits per heavy atom. The summed E-state index contributed by atoms with van der Waals surface area (Å²) < 4.78 is 0. The minimum absolute atomic E-state index is 0.0916. The fourth-order valence-electron chi connectivity index (χ4n) is 1.77. The van der Waals surface area contributed by atoms with Crippen molar-refractivity contribution < 1.29 is 14.7 Å². The van der Waals surface area contributed by atoms with Crippen LogP contribution >= 0.6 is 0 Å². The van der Waals surface area contributed by atoms with Crippen LogP contribution in [0.2, 0.25) is 0 Å². The third-order valence-corrected chi connectivity index (χ3v) is 2.71. The molecule has 0 aliphatic rings. The van der Waals surface area contributed by atoms with Gasteiger partial charge in [-0.3, -0.25) is 4.79 Å². The number of hydrogen-bond donors (Lipinski definition) is 3. The number of anilines is 2. The molecule has 0 saturated heterocycles. The Bertz CT molecular complexity index is 474. The number of carbonyl (C=O) groups excluding carboxylic acids is 1. The van der Waals surface area contributed by atoms with Gasteiger partial charge < -0.3 is 21.1 Å². The van der Waals surface area contributed by atoms with Gasteiger partial charge in [0.05, 0.1) is 23.5 Å². The molecule has 6 nitrogen and oxygen atoms in total. The van der Waals surface area contributed by atoms with Crippen molar-refractivity contribution in [3.05, 3.63) is 23.8 Å². The first-order valence-electron chi connectivity index (χ1n) is 6.14. The van der Waals surface area contributed by atoms with E-state index in [0.717, 1.165) is 0 Å². The maximum atomic E-state index is 11.6. The Hall–Kier alpha value is -2.24. The second-order valence-corrected chi connectivity index (χ2v) is 4.05. The summed E-state index contributed by atoms with van der Waals surface area (Å²) in [5.41, 5.74) is 7.00. The molecule has 0 aromatic heterocycles. The molecule has 0 aliphatic carbocycles. The fraction of sp³-hybridized carbons (Fsp3) is 0.385. The van der Waals surface area contributed by atoms with Crippen LogP contribution in [0.3, 0.4) is 0 Å². The summed E-state index contributed by atoms with van der Waals surface area (Å²) >= 11 is 0. The minimum atomic E-state index is -1.02. The molecule has 0 saturated carbocycles. The molecule has 0 radical (unpaired) electrons. The van der Waals surface area contributed by atoms with Crippen LogP contribution in [-0.2, 0) is 4.79 Å². The number of benzene rings is 1. The van der Waals surface area contributed by atoms with Crippen LogP contribution < -0.4 is 16.0 Å². The Kier molecular flexibility index (Phi) is 5.17. The lowest BCUT2D eigenvalue weighted by molar-refractivity contribution is -0.119. The highest BCUT2D eigenvalue weighted by Crippen LogP contribution is 2.24. The number of aromatic carboxylic acids is 1. The molecule has 19 heavy (non-hydrogen) atoms. The first-order chi connectivity index (χ1) is 8.99. The number of carboxylic acids is 1. The van der Waals surface area contributed by atoms with Gasteiger partial charge in [0.1, 0.15) is 0 Å². The van der Waals surface area contributed by atoms with Gasteiger partial charge in [-0.05, 0) is 32.0 Å². The van der Waals surface area contributed by atoms with Crippen LogP contribution in [0.5, 0.6) is 0 Å². The van der Waals surface area contributed by atoms with Gasteiger partial charge in [0.25, 0.3) is 0 Å². The normalized spacial score (nSPS) is 10.0. The van der Waals surface area contributed by atoms with Crippen molar-refractivity contribution in [2.24, 2.45) is 0 Å². The molecule has 1 aromatic carbocycles. The third kappa shape index (κ3) is 3.87. The van der Waals surface area contributed by atoms with Crippen LogP contribution in [0.1, 0.15) is 24.2 Å². The van der Waals surface area contributed by atoms with Gasteiger partial charge in [-0.2, -0.15) is 0 Å². The summed E-state index contributed by atoms with van der Waals surface area (Å²) in [5, 5.41) is 11.6. The zero-order valence-electron chi connectivity index (χ0n) is 11.1. The Morgan fingerprint density at radius 1 is 1.37 bits per heavy atom. The number of rotatable bonds is 6. The van der Waals surface area contributed by atoms with Crippen LogP contribution in [0.4, 0.5) is 11.4 Å². The monoisotopic (exact) mass is 265 g/mol. The topological polar surface area (TPSA) is 95.7 Å². The van der Waals surface area contributed by atoms with Gasteiger partial charge in [-0.1, -0.05) is 0 Å². The molecule has 0 spiro atoms. The minimum Gasteiger partial charge on any atom is -0.478 e. The van der Waals surface area contributed by atoms with E-state index in [1.807, 2.05) is 13.8 Å². The highest BCUT2D eigenvalue weighted by molar-refractivity contribution is 5.91. The van der Waals surface area contributed by atoms with Gasteiger partial charge >= 0.3 is 5.97 Å². The second kappa shape index (κ2) is 6.63. The first kappa shape index (κ1) is 14.8. The zero-order valence-corrected chi connectivity index (χ0v) is 11.1. The van der Waals surface area contributed by atoms with E-state index in [9.17, 15) is 9.59 Å². The number of amides is 1. The molecule has 6 heteroatoms. The molecule has 0 fully saturated rings. The molecule has 1 aromatic rings. The Balaban J connectivity index is 2.92. The molecule has 0 heterocycles. The maximum Gasteiger partial charge on any atom is 0.335 e. The van der Waals surface area contributed by atoms with E-state index in [2.05, 4.69) is 5.32 Å². The lowest BCUT2D eigenvalue weighted by atomic mass is 10.1. The molecule has 1 amide bonds. The highest BCUT2D eigenvalue weighted by atomic mass is 16.4. The summed E-state index contributed by atoms with van der Waals surface area (Å²) in [5.74, 6) is -1.11. The average Bonchev–Trinajstić information content (AvgIpc) is 2.36. The van der Waals surface area contributed by atoms with Gasteiger partial charge in [-0.25, -0.2) is 4.79 Å². The van der Waals surface area contributed by atoms with Crippen molar-refractivity contribution >= 4 is 23.3 Å². The summed E-state index contributed by atoms with van der Waals surface area (Å²) in [6, 6.07) is 4.51. The number of nitrogens with zero attached hydrogens (tertiary/aromatic N) is 1. The van der Waals surface area contributed by atoms with E-state index in [4.69, 9.17) is 10.8 Å². The van der Waals surface area contributed by atoms with Crippen molar-refractivity contribution in [1.29, 1.82) is 0 Å². The van der Waals surface area contributed by atoms with E-state index in [1.54, 1.807) is 11.0 Å². The standard InChI is InChI=1S/C13H19N3O3/c1-3-15-12(17)8-16(4-2)11-6-5-9(13(18)19)7-10(11)14/h5-7H,3-4,8,14H2,1-2H3,(H,15,17)(H,18,19). The van der Waals surface area contributed by atoms with Crippen molar-refractivity contribution in [3.63, 3.8) is 0 Å². The molecule has 0 atom stereocenters. The lowest BCUT2D eigenvalue weighted by Gasteiger charge is -2.24. The number of nitrogen functional groups attached to an aromatic ring is 1. The molecule has 1 rings (SSSR count). The predicted molar refractivity (Wildman–Crippen MR) is 74.4 cm³/mol. The second-order valence-electron chi connectivity index (χ2n) is 4.05. The van der Waals surface area contributed by atoms with Crippen molar-refractivity contribution in [1.82, 2.24) is 5.32 Å². The van der Waals surface area contributed by atoms with E-state index in [-0.39, 0.29) is 18.0 Å². The smallest absolute Gasteiger partial charge is 0.335 e. The number of carboxylic acid groups (broad SMARTS) is 1. The molecule has 0 bridgehead atoms. The van der Waals surface area contributed by atoms with Crippen molar-refractivity contribution in [2.75, 3.05) is 30.3 Å². The Morgan fingerprint density at radius 2 is 2.05 bits per heavy atom. The SMILES string of the molecule is CCNC(=O)CN(CC)c1ccc(C(=O)O)cc1N. The van der Waals surface area contributed by atoms with Crippen molar-refractivity contribution in [2.45, 2.75) is 13.8 Å². The largest absolute Gasteiger partial charge is 0.478 e. The number of nitrogens with two attached hydrogens (primary N) is 1. The van der Waals surface area contributed by atoms with Crippen LogP contribution in [-0.4, -0.2) is 36.6 Å². The predicted octanol–water partition coefficient (Wildman–Crippen LogP) is 0.929. The summed E-state index contributed by atoms with van der Waals surface area (Å²) in [4.78, 5) is 24.2. The Labute approximate surface area is 112 Å². The van der Waals surface area contributed by atoms with E-state index in [1.165, 1.54) is 12.1 Å². The lowest BCUT2D eigenvalue weighted by Crippen LogP contribution is -2.37. The van der Waals surface area contributed by atoms with Gasteiger partial charge in [0.2, 0.25) is 5.91 Å². The first-order valence-corrected chi connectivity index (χ1v) is 6.14. The van der Waals surface area contributed by atoms with Crippen LogP contribution in [0.25, 0.3) is 0 Å². The molecule has 0 aliphatic heterocycles. The highest BCUT2D eigenvalue weighted by Gasteiger charge is 2.13. The van der Waals surface area contributed by atoms with Gasteiger partial charge in [0.15, 0.2) is 0 Å². The number of nitrogens with one attached hydrogen (secondary N) is 1. The number of carbonyl (C=O) groups is 2. The molecular weight excluding hydrogens is 246 g/mol. The summed E-state index contributed by atoms with van der Waals surface area (Å²) in [7, 11) is 0. The summed E-state index contributed by atoms with van der Waals surface area (Å²) in [6.07, 6.45) is 0. The quantitative estimate of drug-likeness (QED) is 0.665. The zero-order chi connectivity index (χ0) is 14.4. The molecule has 4 N–H and O–H groups in total. The number of likely N-dealkylation sites (N-methyl/N-ethyl adjacent to an activating group) is 2. The molecule has 104 valence electrons. The maximum absolute atomic E-state index is 11.6.